The number of aliphatic hydroxyl groups is 1. The van der Waals surface area contributed by atoms with E-state index in [0.717, 1.165) is 6.42 Å². The molecule has 6 nitrogen and oxygen atoms in total. The molecule has 3 rings (SSSR count). The first-order valence-electron chi connectivity index (χ1n) is 9.06. The van der Waals surface area contributed by atoms with Crippen molar-refractivity contribution in [1.29, 1.82) is 0 Å². The van der Waals surface area contributed by atoms with Crippen molar-refractivity contribution in [1.82, 2.24) is 0 Å². The Bertz CT molecular complexity index is 948. The van der Waals surface area contributed by atoms with E-state index >= 15 is 0 Å². The number of carbonyl (C=O) groups excluding carboxylic acids is 1. The molecule has 1 amide bonds. The number of benzene rings is 2. The largest absolute Gasteiger partial charge is 0.496 e. The molecule has 6 heteroatoms. The van der Waals surface area contributed by atoms with Gasteiger partial charge in [-0.25, -0.2) is 0 Å². The van der Waals surface area contributed by atoms with Gasteiger partial charge in [-0.3, -0.25) is 4.79 Å². The first-order valence-corrected chi connectivity index (χ1v) is 9.06. The number of ether oxygens (including phenoxy) is 2. The fraction of sp³-hybridized carbons (Fsp3) is 0.227. The van der Waals surface area contributed by atoms with Crippen molar-refractivity contribution in [2.24, 2.45) is 0 Å². The summed E-state index contributed by atoms with van der Waals surface area (Å²) in [6.45, 7) is 2.45. The van der Waals surface area contributed by atoms with Gasteiger partial charge in [-0.15, -0.1) is 0 Å². The van der Waals surface area contributed by atoms with Gasteiger partial charge in [-0.05, 0) is 55.0 Å². The van der Waals surface area contributed by atoms with E-state index in [2.05, 4.69) is 5.32 Å². The number of furan rings is 1. The van der Waals surface area contributed by atoms with Crippen LogP contribution in [0.2, 0.25) is 0 Å². The van der Waals surface area contributed by atoms with E-state index < -0.39 is 0 Å². The molecule has 0 fully saturated rings. The smallest absolute Gasteiger partial charge is 0.255 e. The van der Waals surface area contributed by atoms with Crippen molar-refractivity contribution in [2.75, 3.05) is 19.0 Å². The zero-order valence-electron chi connectivity index (χ0n) is 15.9. The average molecular weight is 381 g/mol. The zero-order chi connectivity index (χ0) is 19.9. The summed E-state index contributed by atoms with van der Waals surface area (Å²) < 4.78 is 16.6. The Morgan fingerprint density at radius 1 is 1.14 bits per heavy atom. The summed E-state index contributed by atoms with van der Waals surface area (Å²) in [6.07, 6.45) is 0.899. The molecule has 0 saturated heterocycles. The van der Waals surface area contributed by atoms with Gasteiger partial charge in [0.15, 0.2) is 0 Å². The number of methoxy groups -OCH3 is 1. The molecule has 0 bridgehead atoms. The molecular formula is C22H23NO5. The third-order valence-corrected chi connectivity index (χ3v) is 4.11. The normalized spacial score (nSPS) is 10.5. The van der Waals surface area contributed by atoms with Crippen LogP contribution in [0.15, 0.2) is 59.0 Å². The highest BCUT2D eigenvalue weighted by Gasteiger charge is 2.13. The third-order valence-electron chi connectivity index (χ3n) is 4.11. The van der Waals surface area contributed by atoms with Gasteiger partial charge in [0.1, 0.15) is 29.6 Å². The second-order valence-corrected chi connectivity index (χ2v) is 6.17. The van der Waals surface area contributed by atoms with Crippen molar-refractivity contribution >= 4 is 11.6 Å². The molecule has 3 aromatic rings. The summed E-state index contributed by atoms with van der Waals surface area (Å²) in [7, 11) is 1.56. The lowest BCUT2D eigenvalue weighted by Crippen LogP contribution is -2.12. The molecule has 0 aliphatic rings. The molecule has 0 radical (unpaired) electrons. The average Bonchev–Trinajstić information content (AvgIpc) is 3.21. The summed E-state index contributed by atoms with van der Waals surface area (Å²) in [5.41, 5.74) is 1.79. The van der Waals surface area contributed by atoms with Gasteiger partial charge >= 0.3 is 0 Å². The topological polar surface area (TPSA) is 80.9 Å². The van der Waals surface area contributed by atoms with Crippen LogP contribution in [0.1, 0.15) is 29.5 Å². The van der Waals surface area contributed by atoms with E-state index in [0.29, 0.717) is 46.4 Å². The summed E-state index contributed by atoms with van der Waals surface area (Å²) in [5.74, 6) is 2.03. The fourth-order valence-corrected chi connectivity index (χ4v) is 2.74. The fourth-order valence-electron chi connectivity index (χ4n) is 2.74. The molecule has 146 valence electrons. The second kappa shape index (κ2) is 9.10. The van der Waals surface area contributed by atoms with Crippen molar-refractivity contribution in [2.45, 2.75) is 20.0 Å². The van der Waals surface area contributed by atoms with Crippen LogP contribution in [0.3, 0.4) is 0 Å². The number of carbonyl (C=O) groups is 1. The lowest BCUT2D eigenvalue weighted by molar-refractivity contribution is 0.102. The van der Waals surface area contributed by atoms with Gasteiger partial charge in [0.05, 0.1) is 19.3 Å². The molecule has 0 unspecified atom stereocenters. The Balaban J connectivity index is 1.82. The van der Waals surface area contributed by atoms with Gasteiger partial charge in [0, 0.05) is 11.3 Å². The van der Waals surface area contributed by atoms with Gasteiger partial charge in [-0.2, -0.15) is 0 Å². The summed E-state index contributed by atoms with van der Waals surface area (Å²) in [5, 5.41) is 12.1. The third kappa shape index (κ3) is 4.53. The standard InChI is InChI=1S/C22H23NO5/c1-3-11-27-17-6-4-5-15(12-17)22(25)23-16-7-9-20(26-2)19(13-16)21-10-8-18(14-24)28-21/h4-10,12-13,24H,3,11,14H2,1-2H3,(H,23,25). The highest BCUT2D eigenvalue weighted by atomic mass is 16.5. The first kappa shape index (κ1) is 19.5. The number of hydrogen-bond acceptors (Lipinski definition) is 5. The summed E-state index contributed by atoms with van der Waals surface area (Å²) in [6, 6.07) is 15.8. The van der Waals surface area contributed by atoms with Crippen LogP contribution in [0.4, 0.5) is 5.69 Å². The van der Waals surface area contributed by atoms with Crippen LogP contribution in [-0.2, 0) is 6.61 Å². The Morgan fingerprint density at radius 2 is 2.00 bits per heavy atom. The molecule has 0 atom stereocenters. The molecule has 1 heterocycles. The van der Waals surface area contributed by atoms with Gasteiger partial charge in [0.2, 0.25) is 0 Å². The minimum absolute atomic E-state index is 0.185. The SMILES string of the molecule is CCCOc1cccc(C(=O)Nc2ccc(OC)c(-c3ccc(CO)o3)c2)c1. The van der Waals surface area contributed by atoms with E-state index in [4.69, 9.17) is 13.9 Å². The molecule has 28 heavy (non-hydrogen) atoms. The van der Waals surface area contributed by atoms with Gasteiger partial charge in [0.25, 0.3) is 5.91 Å². The Morgan fingerprint density at radius 3 is 2.71 bits per heavy atom. The minimum atomic E-state index is -0.242. The van der Waals surface area contributed by atoms with Gasteiger partial charge < -0.3 is 24.3 Å². The number of hydrogen-bond donors (Lipinski definition) is 2. The lowest BCUT2D eigenvalue weighted by Gasteiger charge is -2.11. The minimum Gasteiger partial charge on any atom is -0.496 e. The maximum Gasteiger partial charge on any atom is 0.255 e. The predicted molar refractivity (Wildman–Crippen MR) is 107 cm³/mol. The Hall–Kier alpha value is -3.25. The van der Waals surface area contributed by atoms with Crippen LogP contribution in [-0.4, -0.2) is 24.7 Å². The lowest BCUT2D eigenvalue weighted by atomic mass is 10.1. The van der Waals surface area contributed by atoms with E-state index in [1.165, 1.54) is 0 Å². The first-order chi connectivity index (χ1) is 13.6. The highest BCUT2D eigenvalue weighted by molar-refractivity contribution is 6.04. The summed E-state index contributed by atoms with van der Waals surface area (Å²) >= 11 is 0. The monoisotopic (exact) mass is 381 g/mol. The van der Waals surface area contributed by atoms with E-state index in [9.17, 15) is 9.90 Å². The molecular weight excluding hydrogens is 358 g/mol. The predicted octanol–water partition coefficient (Wildman–Crippen LogP) is 4.49. The number of amides is 1. The van der Waals surface area contributed by atoms with Crippen LogP contribution in [0.25, 0.3) is 11.3 Å². The quantitative estimate of drug-likeness (QED) is 0.601. The molecule has 0 saturated carbocycles. The van der Waals surface area contributed by atoms with Crippen LogP contribution < -0.4 is 14.8 Å². The Kier molecular flexibility index (Phi) is 6.34. The van der Waals surface area contributed by atoms with E-state index in [-0.39, 0.29) is 12.5 Å². The number of rotatable bonds is 8. The van der Waals surface area contributed by atoms with E-state index in [1.807, 2.05) is 13.0 Å². The Labute approximate surface area is 163 Å². The van der Waals surface area contributed by atoms with Gasteiger partial charge in [-0.1, -0.05) is 13.0 Å². The van der Waals surface area contributed by atoms with Crippen LogP contribution >= 0.6 is 0 Å². The van der Waals surface area contributed by atoms with Crippen molar-refractivity contribution in [3.8, 4) is 22.8 Å². The highest BCUT2D eigenvalue weighted by Crippen LogP contribution is 2.34. The molecule has 0 aliphatic carbocycles. The van der Waals surface area contributed by atoms with Crippen LogP contribution in [0.5, 0.6) is 11.5 Å². The molecule has 2 aromatic carbocycles. The molecule has 1 aromatic heterocycles. The van der Waals surface area contributed by atoms with E-state index in [1.54, 1.807) is 55.6 Å². The molecule has 0 spiro atoms. The van der Waals surface area contributed by atoms with Crippen LogP contribution in [0, 0.1) is 0 Å². The maximum atomic E-state index is 12.6. The zero-order valence-corrected chi connectivity index (χ0v) is 15.9. The molecule has 0 aliphatic heterocycles. The maximum absolute atomic E-state index is 12.6. The molecule has 2 N–H and O–H groups in total. The summed E-state index contributed by atoms with van der Waals surface area (Å²) in [4.78, 5) is 12.6. The number of anilines is 1. The number of nitrogens with one attached hydrogen (secondary N) is 1. The number of aliphatic hydroxyl groups excluding tert-OH is 1. The van der Waals surface area contributed by atoms with Crippen molar-refractivity contribution in [3.05, 3.63) is 65.9 Å². The van der Waals surface area contributed by atoms with Crippen molar-refractivity contribution in [3.63, 3.8) is 0 Å². The van der Waals surface area contributed by atoms with Crippen molar-refractivity contribution < 1.29 is 23.8 Å². The second-order valence-electron chi connectivity index (χ2n) is 6.17.